The zero-order chi connectivity index (χ0) is 22.0. The third kappa shape index (κ3) is 2.51. The van der Waals surface area contributed by atoms with Crippen molar-refractivity contribution in [2.75, 3.05) is 0 Å². The molecule has 0 fully saturated rings. The van der Waals surface area contributed by atoms with E-state index in [9.17, 15) is 0 Å². The topological polar surface area (TPSA) is 4.93 Å². The fourth-order valence-electron chi connectivity index (χ4n) is 5.02. The Balaban J connectivity index is 1.52. The van der Waals surface area contributed by atoms with Crippen molar-refractivity contribution in [3.8, 4) is 5.69 Å². The number of fused-ring (bicyclic) bond motifs is 10. The van der Waals surface area contributed by atoms with E-state index in [0.29, 0.717) is 0 Å². The maximum atomic E-state index is 2.50. The molecule has 160 valence electrons. The molecule has 6 heteroatoms. The maximum absolute atomic E-state index is 2.50. The average molecular weight is 516 g/mol. The van der Waals surface area contributed by atoms with Gasteiger partial charge in [-0.3, -0.25) is 0 Å². The number of hydrogen-bond acceptors (Lipinski definition) is 5. The smallest absolute Gasteiger partial charge is 0.0736 e. The molecular weight excluding hydrogens is 499 g/mol. The third-order valence-electron chi connectivity index (χ3n) is 6.46. The molecule has 0 N–H and O–H groups in total. The highest BCUT2D eigenvalue weighted by atomic mass is 32.1. The van der Waals surface area contributed by atoms with E-state index in [1.54, 1.807) is 0 Å². The van der Waals surface area contributed by atoms with Gasteiger partial charge in [0, 0.05) is 40.3 Å². The number of aryl methyl sites for hydroxylation is 3. The quantitative estimate of drug-likeness (QED) is 0.205. The van der Waals surface area contributed by atoms with E-state index >= 15 is 0 Å². The van der Waals surface area contributed by atoms with E-state index in [0.717, 1.165) is 0 Å². The van der Waals surface area contributed by atoms with Gasteiger partial charge in [-0.05, 0) is 57.2 Å². The van der Waals surface area contributed by atoms with Crippen LogP contribution in [-0.4, -0.2) is 4.57 Å². The number of nitrogens with zero attached hydrogens (tertiary/aromatic N) is 1. The van der Waals surface area contributed by atoms with Crippen LogP contribution in [0.5, 0.6) is 0 Å². The Kier molecular flexibility index (Phi) is 3.75. The van der Waals surface area contributed by atoms with Gasteiger partial charge in [0.2, 0.25) is 0 Å². The molecule has 0 saturated carbocycles. The van der Waals surface area contributed by atoms with Crippen LogP contribution in [0.15, 0.2) is 48.5 Å². The zero-order valence-corrected chi connectivity index (χ0v) is 22.2. The van der Waals surface area contributed by atoms with Crippen molar-refractivity contribution in [2.24, 2.45) is 0 Å². The van der Waals surface area contributed by atoms with E-state index in [2.05, 4.69) is 73.9 Å². The van der Waals surface area contributed by atoms with Crippen molar-refractivity contribution in [1.29, 1.82) is 0 Å². The minimum Gasteiger partial charge on any atom is -0.307 e. The van der Waals surface area contributed by atoms with Crippen molar-refractivity contribution in [1.82, 2.24) is 4.57 Å². The minimum absolute atomic E-state index is 1.25. The summed E-state index contributed by atoms with van der Waals surface area (Å²) in [4.78, 5) is 2.78. The molecule has 0 amide bonds. The van der Waals surface area contributed by atoms with Crippen LogP contribution in [0.2, 0.25) is 0 Å². The summed E-state index contributed by atoms with van der Waals surface area (Å²) in [6.07, 6.45) is 0. The maximum Gasteiger partial charge on any atom is 0.0736 e. The fourth-order valence-corrected chi connectivity index (χ4v) is 11.4. The molecular formula is C27H17NS5. The molecule has 0 bridgehead atoms. The Bertz CT molecular complexity index is 2050. The second-order valence-corrected chi connectivity index (χ2v) is 14.4. The van der Waals surface area contributed by atoms with Gasteiger partial charge in [-0.1, -0.05) is 17.7 Å². The first kappa shape index (κ1) is 19.1. The van der Waals surface area contributed by atoms with Crippen LogP contribution in [0.1, 0.15) is 15.3 Å². The van der Waals surface area contributed by atoms with Crippen LogP contribution in [-0.2, 0) is 0 Å². The molecule has 8 rings (SSSR count). The molecule has 0 radical (unpaired) electrons. The van der Waals surface area contributed by atoms with Crippen molar-refractivity contribution in [2.45, 2.75) is 20.8 Å². The molecule has 0 aliphatic rings. The molecule has 8 aromatic rings. The molecule has 6 aromatic heterocycles. The second kappa shape index (κ2) is 6.46. The van der Waals surface area contributed by atoms with Crippen LogP contribution in [0.3, 0.4) is 0 Å². The highest BCUT2D eigenvalue weighted by Gasteiger charge is 2.22. The minimum atomic E-state index is 1.25. The summed E-state index contributed by atoms with van der Waals surface area (Å²) in [6, 6.07) is 18.6. The van der Waals surface area contributed by atoms with Crippen LogP contribution in [0.25, 0.3) is 65.1 Å². The normalized spacial score (nSPS) is 12.7. The molecule has 33 heavy (non-hydrogen) atoms. The summed E-state index contributed by atoms with van der Waals surface area (Å²) < 4.78 is 14.0. The number of rotatable bonds is 1. The van der Waals surface area contributed by atoms with Gasteiger partial charge in [0.1, 0.15) is 0 Å². The van der Waals surface area contributed by atoms with Crippen LogP contribution in [0.4, 0.5) is 0 Å². The largest absolute Gasteiger partial charge is 0.307 e. The monoisotopic (exact) mass is 515 g/mol. The van der Waals surface area contributed by atoms with Crippen molar-refractivity contribution < 1.29 is 0 Å². The molecule has 0 atom stereocenters. The number of benzene rings is 2. The van der Waals surface area contributed by atoms with Crippen molar-refractivity contribution >= 4 is 116 Å². The van der Waals surface area contributed by atoms with Gasteiger partial charge in [0.25, 0.3) is 0 Å². The summed E-state index contributed by atoms with van der Waals surface area (Å²) >= 11 is 9.77. The first-order valence-electron chi connectivity index (χ1n) is 10.8. The lowest BCUT2D eigenvalue weighted by Gasteiger charge is -2.07. The van der Waals surface area contributed by atoms with E-state index in [4.69, 9.17) is 0 Å². The van der Waals surface area contributed by atoms with E-state index in [1.807, 2.05) is 56.7 Å². The molecule has 1 nitrogen and oxygen atoms in total. The highest BCUT2D eigenvalue weighted by Crippen LogP contribution is 2.51. The molecule has 2 aromatic carbocycles. The second-order valence-electron chi connectivity index (χ2n) is 8.78. The Morgan fingerprint density at radius 2 is 1.21 bits per heavy atom. The number of thiophene rings is 5. The molecule has 0 unspecified atom stereocenters. The van der Waals surface area contributed by atoms with Gasteiger partial charge in [-0.2, -0.15) is 0 Å². The summed E-state index contributed by atoms with van der Waals surface area (Å²) in [6.45, 7) is 6.60. The average Bonchev–Trinajstić information content (AvgIpc) is 3.58. The van der Waals surface area contributed by atoms with E-state index in [1.165, 1.54) is 80.4 Å². The van der Waals surface area contributed by atoms with E-state index in [-0.39, 0.29) is 0 Å². The Morgan fingerprint density at radius 3 is 2.06 bits per heavy atom. The summed E-state index contributed by atoms with van der Waals surface area (Å²) in [5.74, 6) is 0. The number of hydrogen-bond donors (Lipinski definition) is 0. The first-order valence-corrected chi connectivity index (χ1v) is 14.9. The standard InChI is InChI=1S/C27H17NS5/c1-12-4-6-15(7-5-12)28-18-8-13(2)29-24(18)26-22(28)16-10-20-17(11-19(16)31-26)23-27(32-20)25-21(33-23)9-14(3)30-25/h4-11H,1-3H3. The SMILES string of the molecule is Cc1ccc(-n2c3cc(C)sc3c3sc4cc5c(cc4c32)sc2c3sc(C)cc3sc52)cc1. The lowest BCUT2D eigenvalue weighted by atomic mass is 10.2. The van der Waals surface area contributed by atoms with Crippen LogP contribution < -0.4 is 0 Å². The van der Waals surface area contributed by atoms with Crippen LogP contribution >= 0.6 is 56.7 Å². The molecule has 0 saturated heterocycles. The third-order valence-corrected chi connectivity index (χ3v) is 12.6. The van der Waals surface area contributed by atoms with Gasteiger partial charge in [-0.25, -0.2) is 0 Å². The lowest BCUT2D eigenvalue weighted by molar-refractivity contribution is 1.18. The summed E-state index contributed by atoms with van der Waals surface area (Å²) in [7, 11) is 0. The predicted octanol–water partition coefficient (Wildman–Crippen LogP) is 10.6. The van der Waals surface area contributed by atoms with Crippen LogP contribution in [0, 0.1) is 20.8 Å². The van der Waals surface area contributed by atoms with E-state index < -0.39 is 0 Å². The summed E-state index contributed by atoms with van der Waals surface area (Å²) in [5.41, 5.74) is 5.26. The Morgan fingerprint density at radius 1 is 0.545 bits per heavy atom. The highest BCUT2D eigenvalue weighted by molar-refractivity contribution is 7.41. The molecule has 6 heterocycles. The van der Waals surface area contributed by atoms with Crippen molar-refractivity contribution in [3.05, 3.63) is 63.8 Å². The lowest BCUT2D eigenvalue weighted by Crippen LogP contribution is -1.92. The first-order chi connectivity index (χ1) is 16.0. The molecule has 0 aliphatic carbocycles. The Hall–Kier alpha value is -2.22. The van der Waals surface area contributed by atoms with Gasteiger partial charge < -0.3 is 4.57 Å². The molecule has 0 aliphatic heterocycles. The predicted molar refractivity (Wildman–Crippen MR) is 154 cm³/mol. The van der Waals surface area contributed by atoms with Crippen molar-refractivity contribution in [3.63, 3.8) is 0 Å². The Labute approximate surface area is 209 Å². The molecule has 0 spiro atoms. The van der Waals surface area contributed by atoms with Gasteiger partial charge in [0.15, 0.2) is 0 Å². The summed E-state index contributed by atoms with van der Waals surface area (Å²) in [5, 5.41) is 2.81. The van der Waals surface area contributed by atoms with Gasteiger partial charge in [0.05, 0.1) is 34.5 Å². The van der Waals surface area contributed by atoms with Gasteiger partial charge >= 0.3 is 0 Å². The number of aromatic nitrogens is 1. The zero-order valence-electron chi connectivity index (χ0n) is 18.1. The van der Waals surface area contributed by atoms with Gasteiger partial charge in [-0.15, -0.1) is 56.7 Å². The fraction of sp³-hybridized carbons (Fsp3) is 0.111.